The van der Waals surface area contributed by atoms with Gasteiger partial charge in [0.25, 0.3) is 47.7 Å². The summed E-state index contributed by atoms with van der Waals surface area (Å²) >= 11 is 0. The molecule has 0 spiro atoms. The van der Waals surface area contributed by atoms with Crippen LogP contribution in [0.25, 0.3) is 0 Å². The predicted molar refractivity (Wildman–Crippen MR) is 253 cm³/mol. The molecule has 4 aromatic carbocycles. The number of amidine groups is 4. The Bertz CT molecular complexity index is 2380. The van der Waals surface area contributed by atoms with Crippen LogP contribution in [-0.4, -0.2) is 190 Å². The van der Waals surface area contributed by atoms with Gasteiger partial charge >= 0.3 is 23.9 Å². The van der Waals surface area contributed by atoms with Gasteiger partial charge in [-0.05, 0) is 48.5 Å². The molecule has 0 saturated heterocycles. The topological polar surface area (TPSA) is 317 Å². The van der Waals surface area contributed by atoms with Crippen molar-refractivity contribution in [3.63, 3.8) is 0 Å². The normalized spacial score (nSPS) is 17.9. The van der Waals surface area contributed by atoms with Crippen molar-refractivity contribution < 1.29 is 117 Å². The van der Waals surface area contributed by atoms with Gasteiger partial charge in [-0.1, -0.05) is 72.8 Å². The van der Waals surface area contributed by atoms with Gasteiger partial charge in [-0.3, -0.25) is 38.8 Å². The SMILES string of the molecule is COC(=O)[C@@H]1CN(C(=O)c2ccccc2)C(O)=N1.COC(=O)[C@@H]1CN(C(=O)c2ccccc2)C(O)=N1.COC(=O)[C@@H]1CN(C(=O)c2ccccc2)C(O)=N1.COC(=O)[C@@H]1CN(C(=O)c2ccccc2)C(O)=N1.[Rh].[Rh]. The number of esters is 4. The maximum absolute atomic E-state index is 12.0. The van der Waals surface area contributed by atoms with Crippen molar-refractivity contribution in [2.45, 2.75) is 24.2 Å². The van der Waals surface area contributed by atoms with E-state index in [0.717, 1.165) is 19.6 Å². The maximum Gasteiger partial charge on any atom is 0.332 e. The van der Waals surface area contributed by atoms with E-state index in [1.54, 1.807) is 121 Å². The Balaban J connectivity index is 0.000000258. The number of methoxy groups -OCH3 is 4. The number of carbonyl (C=O) groups excluding carboxylic acids is 8. The van der Waals surface area contributed by atoms with E-state index < -0.39 is 95.8 Å². The van der Waals surface area contributed by atoms with Gasteiger partial charge in [0, 0.05) is 61.2 Å². The van der Waals surface area contributed by atoms with Crippen molar-refractivity contribution in [1.82, 2.24) is 19.6 Å². The van der Waals surface area contributed by atoms with Gasteiger partial charge < -0.3 is 39.4 Å². The van der Waals surface area contributed by atoms with E-state index in [2.05, 4.69) is 38.9 Å². The van der Waals surface area contributed by atoms with Crippen LogP contribution in [0.1, 0.15) is 41.4 Å². The fourth-order valence-electron chi connectivity index (χ4n) is 6.71. The van der Waals surface area contributed by atoms with Gasteiger partial charge in [-0.2, -0.15) is 0 Å². The third kappa shape index (κ3) is 15.4. The Labute approximate surface area is 448 Å². The van der Waals surface area contributed by atoms with Gasteiger partial charge in [0.15, 0.2) is 24.2 Å². The number of hydrogen-bond acceptors (Lipinski definition) is 16. The van der Waals surface area contributed by atoms with Crippen LogP contribution in [0, 0.1) is 0 Å². The summed E-state index contributed by atoms with van der Waals surface area (Å²) in [6.07, 6.45) is 0. The Hall–Kier alpha value is -8.23. The zero-order valence-electron chi connectivity index (χ0n) is 39.6. The van der Waals surface area contributed by atoms with E-state index >= 15 is 0 Å². The first-order valence-corrected chi connectivity index (χ1v) is 21.4. The van der Waals surface area contributed by atoms with Gasteiger partial charge in [-0.25, -0.2) is 39.1 Å². The molecule has 24 nitrogen and oxygen atoms in total. The molecule has 2 radical (unpaired) electrons. The summed E-state index contributed by atoms with van der Waals surface area (Å²) in [4.78, 5) is 112. The van der Waals surface area contributed by atoms with E-state index in [1.165, 1.54) is 28.4 Å². The smallest absolute Gasteiger partial charge is 0.332 e. The van der Waals surface area contributed by atoms with E-state index in [1.807, 2.05) is 0 Å². The zero-order chi connectivity index (χ0) is 52.5. The van der Waals surface area contributed by atoms with E-state index in [0.29, 0.717) is 22.3 Å². The number of rotatable bonds is 8. The number of carbonyl (C=O) groups is 8. The van der Waals surface area contributed by atoms with Crippen molar-refractivity contribution in [1.29, 1.82) is 0 Å². The molecule has 74 heavy (non-hydrogen) atoms. The molecule has 4 aromatic rings. The number of aliphatic imine (C=N–C) groups is 4. The zero-order valence-corrected chi connectivity index (χ0v) is 42.9. The van der Waals surface area contributed by atoms with Crippen LogP contribution in [-0.2, 0) is 77.1 Å². The number of aliphatic hydroxyl groups excluding tert-OH is 4. The summed E-state index contributed by atoms with van der Waals surface area (Å²) in [5, 5.41) is 38.3. The molecule has 4 atom stereocenters. The van der Waals surface area contributed by atoms with E-state index in [4.69, 9.17) is 0 Å². The second-order valence-corrected chi connectivity index (χ2v) is 15.0. The quantitative estimate of drug-likeness (QED) is 0.112. The van der Waals surface area contributed by atoms with Crippen LogP contribution in [0.15, 0.2) is 141 Å². The minimum Gasteiger partial charge on any atom is -0.480 e. The molecule has 0 aliphatic carbocycles. The molecule has 0 fully saturated rings. The molecule has 0 aromatic heterocycles. The first-order valence-electron chi connectivity index (χ1n) is 21.4. The van der Waals surface area contributed by atoms with Crippen LogP contribution >= 0.6 is 0 Å². The van der Waals surface area contributed by atoms with Gasteiger partial charge in [0.2, 0.25) is 0 Å². The average Bonchev–Trinajstić information content (AvgIpc) is 4.23. The van der Waals surface area contributed by atoms with Crippen LogP contribution in [0.2, 0.25) is 0 Å². The third-order valence-corrected chi connectivity index (χ3v) is 10.4. The fraction of sp³-hybridized carbons (Fsp3) is 0.250. The Morgan fingerprint density at radius 2 is 0.514 bits per heavy atom. The molecule has 4 aliphatic heterocycles. The second-order valence-electron chi connectivity index (χ2n) is 15.0. The molecular formula is C48H48N8O16Rh2. The number of benzene rings is 4. The monoisotopic (exact) mass is 1200 g/mol. The Morgan fingerprint density at radius 1 is 0.351 bits per heavy atom. The fourth-order valence-corrected chi connectivity index (χ4v) is 6.71. The van der Waals surface area contributed by atoms with Crippen molar-refractivity contribution in [3.05, 3.63) is 144 Å². The number of aliphatic hydroxyl groups is 4. The summed E-state index contributed by atoms with van der Waals surface area (Å²) in [5.74, 6) is -3.91. The molecule has 26 heteroatoms. The number of hydrogen-bond donors (Lipinski definition) is 4. The number of nitrogens with zero attached hydrogens (tertiary/aromatic N) is 8. The van der Waals surface area contributed by atoms with Gasteiger partial charge in [0.1, 0.15) is 0 Å². The molecule has 4 aliphatic rings. The molecule has 8 rings (SSSR count). The number of amides is 4. The standard InChI is InChI=1S/4C12H12N2O4.2Rh/c4*1-18-11(16)9-7-14(12(17)13-9)10(15)8-5-3-2-4-6-8;;/h4*2-6,9H,7H2,1H3,(H,13,17);;/t4*9-;;/m0000../s1. The molecule has 0 bridgehead atoms. The minimum absolute atomic E-state index is 0. The van der Waals surface area contributed by atoms with Crippen molar-refractivity contribution in [2.75, 3.05) is 54.6 Å². The molecule has 4 heterocycles. The largest absolute Gasteiger partial charge is 0.480 e. The molecule has 0 saturated carbocycles. The maximum atomic E-state index is 12.0. The summed E-state index contributed by atoms with van der Waals surface area (Å²) in [5.41, 5.74) is 1.68. The summed E-state index contributed by atoms with van der Waals surface area (Å²) in [7, 11) is 4.93. The van der Waals surface area contributed by atoms with E-state index in [-0.39, 0.29) is 65.1 Å². The van der Waals surface area contributed by atoms with Crippen LogP contribution in [0.3, 0.4) is 0 Å². The minimum atomic E-state index is -0.859. The second kappa shape index (κ2) is 28.7. The average molecular weight is 1200 g/mol. The molecule has 394 valence electrons. The Kier molecular flexibility index (Phi) is 23.3. The Morgan fingerprint density at radius 3 is 0.662 bits per heavy atom. The summed E-state index contributed by atoms with van der Waals surface area (Å²) in [6, 6.07) is 28.6. The van der Waals surface area contributed by atoms with Crippen LogP contribution < -0.4 is 0 Å². The van der Waals surface area contributed by atoms with Crippen molar-refractivity contribution in [3.8, 4) is 0 Å². The van der Waals surface area contributed by atoms with Crippen molar-refractivity contribution >= 4 is 71.6 Å². The van der Waals surface area contributed by atoms with Crippen LogP contribution in [0.5, 0.6) is 0 Å². The summed E-state index contributed by atoms with van der Waals surface area (Å²) < 4.78 is 18.1. The predicted octanol–water partition coefficient (Wildman–Crippen LogP) is 2.39. The summed E-state index contributed by atoms with van der Waals surface area (Å²) in [6.45, 7) is -0.0308. The van der Waals surface area contributed by atoms with Crippen molar-refractivity contribution in [2.24, 2.45) is 20.0 Å². The van der Waals surface area contributed by atoms with E-state index in [9.17, 15) is 58.8 Å². The molecular weight excluding hydrogens is 1150 g/mol. The third-order valence-electron chi connectivity index (χ3n) is 10.4. The molecule has 0 unspecified atom stereocenters. The first-order chi connectivity index (χ1) is 34.5. The molecule has 4 N–H and O–H groups in total. The van der Waals surface area contributed by atoms with Crippen LogP contribution in [0.4, 0.5) is 0 Å². The first kappa shape index (κ1) is 60.1. The van der Waals surface area contributed by atoms with Gasteiger partial charge in [-0.15, -0.1) is 0 Å². The number of ether oxygens (including phenoxy) is 4. The molecule has 4 amide bonds. The van der Waals surface area contributed by atoms with Gasteiger partial charge in [0.05, 0.1) is 54.6 Å².